The summed E-state index contributed by atoms with van der Waals surface area (Å²) in [5.74, 6) is 0.539. The van der Waals surface area contributed by atoms with E-state index in [2.05, 4.69) is 39.0 Å². The lowest BCUT2D eigenvalue weighted by Gasteiger charge is -2.10. The van der Waals surface area contributed by atoms with Crippen molar-refractivity contribution >= 4 is 0 Å². The van der Waals surface area contributed by atoms with Crippen molar-refractivity contribution in [2.24, 2.45) is 0 Å². The van der Waals surface area contributed by atoms with Crippen LogP contribution in [0.25, 0.3) is 0 Å². The van der Waals surface area contributed by atoms with Gasteiger partial charge in [-0.15, -0.1) is 0 Å². The smallest absolute Gasteiger partial charge is 0.0682 e. The molecule has 1 aromatic carbocycles. The second-order valence-electron chi connectivity index (χ2n) is 4.15. The van der Waals surface area contributed by atoms with Gasteiger partial charge in [-0.25, -0.2) is 0 Å². The van der Waals surface area contributed by atoms with E-state index >= 15 is 0 Å². The Morgan fingerprint density at radius 3 is 2.29 bits per heavy atom. The van der Waals surface area contributed by atoms with Gasteiger partial charge >= 0.3 is 0 Å². The maximum absolute atomic E-state index is 9.14. The Bertz CT molecular complexity index is 289. The van der Waals surface area contributed by atoms with E-state index in [1.165, 1.54) is 11.1 Å². The van der Waals surface area contributed by atoms with Gasteiger partial charge in [-0.2, -0.15) is 0 Å². The monoisotopic (exact) mass is 192 g/mol. The van der Waals surface area contributed by atoms with Crippen molar-refractivity contribution < 1.29 is 5.11 Å². The van der Waals surface area contributed by atoms with E-state index in [1.807, 2.05) is 0 Å². The van der Waals surface area contributed by atoms with Crippen LogP contribution in [0.15, 0.2) is 18.2 Å². The summed E-state index contributed by atoms with van der Waals surface area (Å²) in [6, 6.07) is 6.46. The molecular formula is C13H20O. The minimum Gasteiger partial charge on any atom is -0.392 e. The average molecular weight is 192 g/mol. The summed E-state index contributed by atoms with van der Waals surface area (Å²) < 4.78 is 0. The third-order valence-electron chi connectivity index (χ3n) is 2.46. The zero-order valence-electron chi connectivity index (χ0n) is 9.38. The van der Waals surface area contributed by atoms with Gasteiger partial charge in [0.1, 0.15) is 0 Å². The highest BCUT2D eigenvalue weighted by Crippen LogP contribution is 2.19. The van der Waals surface area contributed by atoms with Crippen LogP contribution in [0.4, 0.5) is 0 Å². The van der Waals surface area contributed by atoms with Gasteiger partial charge in [0.15, 0.2) is 0 Å². The molecule has 1 N–H and O–H groups in total. The first kappa shape index (κ1) is 11.3. The van der Waals surface area contributed by atoms with Crippen LogP contribution in [0.1, 0.15) is 49.8 Å². The topological polar surface area (TPSA) is 20.2 Å². The third-order valence-corrected chi connectivity index (χ3v) is 2.46. The van der Waals surface area contributed by atoms with Gasteiger partial charge in [-0.05, 0) is 29.0 Å². The zero-order chi connectivity index (χ0) is 10.6. The van der Waals surface area contributed by atoms with Crippen molar-refractivity contribution in [1.29, 1.82) is 0 Å². The Hall–Kier alpha value is -0.820. The van der Waals surface area contributed by atoms with Crippen LogP contribution in [-0.2, 0) is 13.0 Å². The summed E-state index contributed by atoms with van der Waals surface area (Å²) in [7, 11) is 0. The summed E-state index contributed by atoms with van der Waals surface area (Å²) in [5, 5.41) is 9.14. The molecule has 0 heterocycles. The summed E-state index contributed by atoms with van der Waals surface area (Å²) in [6.45, 7) is 6.70. The summed E-state index contributed by atoms with van der Waals surface area (Å²) >= 11 is 0. The van der Waals surface area contributed by atoms with E-state index in [0.717, 1.165) is 18.4 Å². The van der Waals surface area contributed by atoms with Gasteiger partial charge in [0.05, 0.1) is 6.61 Å². The van der Waals surface area contributed by atoms with Gasteiger partial charge < -0.3 is 5.11 Å². The maximum atomic E-state index is 9.14. The van der Waals surface area contributed by atoms with Crippen LogP contribution in [0.5, 0.6) is 0 Å². The molecule has 0 radical (unpaired) electrons. The predicted molar refractivity (Wildman–Crippen MR) is 60.4 cm³/mol. The largest absolute Gasteiger partial charge is 0.392 e. The Morgan fingerprint density at radius 1 is 1.14 bits per heavy atom. The number of rotatable bonds is 4. The number of aliphatic hydroxyl groups is 1. The van der Waals surface area contributed by atoms with Crippen molar-refractivity contribution in [1.82, 2.24) is 0 Å². The van der Waals surface area contributed by atoms with Crippen molar-refractivity contribution in [3.63, 3.8) is 0 Å². The molecule has 1 aromatic rings. The van der Waals surface area contributed by atoms with Gasteiger partial charge in [-0.1, -0.05) is 45.4 Å². The van der Waals surface area contributed by atoms with Gasteiger partial charge in [0.2, 0.25) is 0 Å². The predicted octanol–water partition coefficient (Wildman–Crippen LogP) is 3.25. The fraction of sp³-hybridized carbons (Fsp3) is 0.538. The van der Waals surface area contributed by atoms with Crippen molar-refractivity contribution in [2.45, 2.75) is 46.1 Å². The molecule has 0 aliphatic carbocycles. The van der Waals surface area contributed by atoms with Gasteiger partial charge in [0.25, 0.3) is 0 Å². The summed E-state index contributed by atoms with van der Waals surface area (Å²) in [4.78, 5) is 0. The number of aryl methyl sites for hydroxylation is 1. The van der Waals surface area contributed by atoms with Crippen LogP contribution in [0.2, 0.25) is 0 Å². The van der Waals surface area contributed by atoms with Crippen molar-refractivity contribution in [3.05, 3.63) is 34.9 Å². The number of benzene rings is 1. The molecule has 0 spiro atoms. The number of aliphatic hydroxyl groups excluding tert-OH is 1. The first-order chi connectivity index (χ1) is 6.67. The molecule has 0 aromatic heterocycles. The molecule has 0 aliphatic heterocycles. The van der Waals surface area contributed by atoms with Crippen molar-refractivity contribution in [2.75, 3.05) is 0 Å². The van der Waals surface area contributed by atoms with Crippen LogP contribution >= 0.6 is 0 Å². The number of hydrogen-bond acceptors (Lipinski definition) is 1. The first-order valence-electron chi connectivity index (χ1n) is 5.41. The van der Waals surface area contributed by atoms with Gasteiger partial charge in [-0.3, -0.25) is 0 Å². The molecule has 78 valence electrons. The fourth-order valence-electron chi connectivity index (χ4n) is 1.65. The highest BCUT2D eigenvalue weighted by Gasteiger charge is 2.03. The van der Waals surface area contributed by atoms with E-state index in [4.69, 9.17) is 5.11 Å². The Morgan fingerprint density at radius 2 is 1.79 bits per heavy atom. The van der Waals surface area contributed by atoms with Crippen LogP contribution in [0.3, 0.4) is 0 Å². The molecule has 0 unspecified atom stereocenters. The molecular weight excluding hydrogens is 172 g/mol. The normalized spacial score (nSPS) is 10.9. The van der Waals surface area contributed by atoms with E-state index in [1.54, 1.807) is 0 Å². The summed E-state index contributed by atoms with van der Waals surface area (Å²) in [6.07, 6.45) is 2.26. The third kappa shape index (κ3) is 2.85. The molecule has 14 heavy (non-hydrogen) atoms. The maximum Gasteiger partial charge on any atom is 0.0682 e. The van der Waals surface area contributed by atoms with Crippen LogP contribution in [0, 0.1) is 0 Å². The lowest BCUT2D eigenvalue weighted by atomic mass is 9.96. The number of hydrogen-bond donors (Lipinski definition) is 1. The SMILES string of the molecule is CCCc1cc(CO)cc(C(C)C)c1. The minimum absolute atomic E-state index is 0.150. The molecule has 0 bridgehead atoms. The standard InChI is InChI=1S/C13H20O/c1-4-5-11-6-12(9-14)8-13(7-11)10(2)3/h6-8,10,14H,4-5,9H2,1-3H3. The zero-order valence-corrected chi connectivity index (χ0v) is 9.38. The quantitative estimate of drug-likeness (QED) is 0.776. The lowest BCUT2D eigenvalue weighted by Crippen LogP contribution is -1.95. The Balaban J connectivity index is 3.00. The average Bonchev–Trinajstić information content (AvgIpc) is 2.17. The molecule has 1 heteroatoms. The molecule has 1 nitrogen and oxygen atoms in total. The molecule has 0 aliphatic rings. The highest BCUT2D eigenvalue weighted by atomic mass is 16.3. The molecule has 0 saturated heterocycles. The molecule has 0 saturated carbocycles. The van der Waals surface area contributed by atoms with Crippen LogP contribution < -0.4 is 0 Å². The van der Waals surface area contributed by atoms with Crippen LogP contribution in [-0.4, -0.2) is 5.11 Å². The van der Waals surface area contributed by atoms with E-state index in [0.29, 0.717) is 5.92 Å². The second kappa shape index (κ2) is 5.16. The van der Waals surface area contributed by atoms with Gasteiger partial charge in [0, 0.05) is 0 Å². The van der Waals surface area contributed by atoms with Crippen molar-refractivity contribution in [3.8, 4) is 0 Å². The highest BCUT2D eigenvalue weighted by molar-refractivity contribution is 5.31. The Labute approximate surface area is 86.8 Å². The van der Waals surface area contributed by atoms with E-state index in [-0.39, 0.29) is 6.61 Å². The minimum atomic E-state index is 0.150. The molecule has 0 amide bonds. The lowest BCUT2D eigenvalue weighted by molar-refractivity contribution is 0.281. The van der Waals surface area contributed by atoms with E-state index < -0.39 is 0 Å². The van der Waals surface area contributed by atoms with E-state index in [9.17, 15) is 0 Å². The second-order valence-corrected chi connectivity index (χ2v) is 4.15. The first-order valence-corrected chi connectivity index (χ1v) is 5.41. The Kier molecular flexibility index (Phi) is 4.15. The molecule has 0 atom stereocenters. The summed E-state index contributed by atoms with van der Waals surface area (Å²) in [5.41, 5.74) is 3.72. The molecule has 1 rings (SSSR count). The molecule has 0 fully saturated rings. The fourth-order valence-corrected chi connectivity index (χ4v) is 1.65.